The first kappa shape index (κ1) is 17.9. The van der Waals surface area contributed by atoms with Crippen molar-refractivity contribution < 1.29 is 19.1 Å². The molecule has 1 saturated heterocycles. The summed E-state index contributed by atoms with van der Waals surface area (Å²) in [4.78, 5) is 25.7. The van der Waals surface area contributed by atoms with Crippen LogP contribution in [0.1, 0.15) is 28.9 Å². The van der Waals surface area contributed by atoms with E-state index >= 15 is 0 Å². The van der Waals surface area contributed by atoms with Crippen LogP contribution in [0.4, 0.5) is 0 Å². The molecule has 6 heteroatoms. The molecule has 2 N–H and O–H groups in total. The molecule has 1 heterocycles. The number of nitrogens with zero attached hydrogens (tertiary/aromatic N) is 1. The lowest BCUT2D eigenvalue weighted by atomic mass is 10.0. The van der Waals surface area contributed by atoms with E-state index in [1.807, 2.05) is 42.2 Å². The lowest BCUT2D eigenvalue weighted by Crippen LogP contribution is -2.46. The van der Waals surface area contributed by atoms with E-state index in [2.05, 4.69) is 0 Å². The van der Waals surface area contributed by atoms with Crippen molar-refractivity contribution in [1.29, 1.82) is 0 Å². The Bertz CT molecular complexity index is 761. The number of hydrogen-bond acceptors (Lipinski definition) is 4. The number of ether oxygens (including phenoxy) is 2. The summed E-state index contributed by atoms with van der Waals surface area (Å²) in [6, 6.07) is 16.5. The highest BCUT2D eigenvalue weighted by molar-refractivity contribution is 5.94. The molecule has 0 aliphatic carbocycles. The number of primary amides is 1. The molecule has 6 nitrogen and oxygen atoms in total. The van der Waals surface area contributed by atoms with Gasteiger partial charge < -0.3 is 20.1 Å². The van der Waals surface area contributed by atoms with Crippen molar-refractivity contribution in [1.82, 2.24) is 4.90 Å². The third kappa shape index (κ3) is 4.21. The minimum absolute atomic E-state index is 0.0166. The van der Waals surface area contributed by atoms with E-state index in [9.17, 15) is 9.59 Å². The molecule has 0 bridgehead atoms. The minimum Gasteiger partial charge on any atom is -0.484 e. The Morgan fingerprint density at radius 1 is 1.15 bits per heavy atom. The minimum atomic E-state index is -0.543. The fraction of sp³-hybridized carbons (Fsp3) is 0.300. The molecule has 3 rings (SSSR count). The van der Waals surface area contributed by atoms with Crippen molar-refractivity contribution in [3.05, 3.63) is 65.7 Å². The predicted octanol–water partition coefficient (Wildman–Crippen LogP) is 2.15. The SMILES string of the molecule is CC1CN(C(=O)c2ccc(OCC(N)=O)cc2)C(c2ccccc2)CO1. The van der Waals surface area contributed by atoms with Gasteiger partial charge in [-0.25, -0.2) is 0 Å². The number of nitrogens with two attached hydrogens (primary N) is 1. The summed E-state index contributed by atoms with van der Waals surface area (Å²) in [6.07, 6.45) is -0.0166. The summed E-state index contributed by atoms with van der Waals surface area (Å²) in [7, 11) is 0. The second kappa shape index (κ2) is 8.01. The van der Waals surface area contributed by atoms with E-state index in [1.54, 1.807) is 24.3 Å². The summed E-state index contributed by atoms with van der Waals surface area (Å²) in [6.45, 7) is 2.77. The fourth-order valence-corrected chi connectivity index (χ4v) is 2.99. The number of carbonyl (C=O) groups excluding carboxylic acids is 2. The second-order valence-corrected chi connectivity index (χ2v) is 6.31. The van der Waals surface area contributed by atoms with E-state index in [-0.39, 0.29) is 24.7 Å². The van der Waals surface area contributed by atoms with Gasteiger partial charge in [0.05, 0.1) is 18.8 Å². The first-order chi connectivity index (χ1) is 12.5. The van der Waals surface area contributed by atoms with Crippen LogP contribution in [-0.4, -0.2) is 42.6 Å². The zero-order valence-electron chi connectivity index (χ0n) is 14.6. The summed E-state index contributed by atoms with van der Waals surface area (Å²) in [5.74, 6) is -0.107. The molecule has 2 amide bonds. The molecular weight excluding hydrogens is 332 g/mol. The van der Waals surface area contributed by atoms with Gasteiger partial charge in [0.15, 0.2) is 6.61 Å². The van der Waals surface area contributed by atoms with Crippen LogP contribution in [-0.2, 0) is 9.53 Å². The van der Waals surface area contributed by atoms with Crippen LogP contribution >= 0.6 is 0 Å². The average molecular weight is 354 g/mol. The number of benzene rings is 2. The average Bonchev–Trinajstić information content (AvgIpc) is 2.67. The van der Waals surface area contributed by atoms with E-state index < -0.39 is 5.91 Å². The lowest BCUT2D eigenvalue weighted by Gasteiger charge is -2.39. The quantitative estimate of drug-likeness (QED) is 0.892. The highest BCUT2D eigenvalue weighted by atomic mass is 16.5. The Morgan fingerprint density at radius 2 is 1.85 bits per heavy atom. The van der Waals surface area contributed by atoms with E-state index in [0.29, 0.717) is 24.5 Å². The molecule has 1 fully saturated rings. The van der Waals surface area contributed by atoms with Gasteiger partial charge in [-0.3, -0.25) is 9.59 Å². The smallest absolute Gasteiger partial charge is 0.255 e. The Hall–Kier alpha value is -2.86. The molecule has 136 valence electrons. The van der Waals surface area contributed by atoms with Gasteiger partial charge in [0, 0.05) is 12.1 Å². The van der Waals surface area contributed by atoms with Crippen LogP contribution in [0.5, 0.6) is 5.75 Å². The highest BCUT2D eigenvalue weighted by Crippen LogP contribution is 2.28. The first-order valence-electron chi connectivity index (χ1n) is 8.53. The molecule has 26 heavy (non-hydrogen) atoms. The van der Waals surface area contributed by atoms with Crippen LogP contribution in [0.25, 0.3) is 0 Å². The molecular formula is C20H22N2O4. The van der Waals surface area contributed by atoms with Gasteiger partial charge in [-0.1, -0.05) is 30.3 Å². The Labute approximate surface area is 152 Å². The maximum absolute atomic E-state index is 13.1. The summed E-state index contributed by atoms with van der Waals surface area (Å²) in [5, 5.41) is 0. The van der Waals surface area contributed by atoms with Gasteiger partial charge in [-0.05, 0) is 36.8 Å². The number of hydrogen-bond donors (Lipinski definition) is 1. The van der Waals surface area contributed by atoms with Crippen molar-refractivity contribution in [2.75, 3.05) is 19.8 Å². The molecule has 2 aromatic rings. The Morgan fingerprint density at radius 3 is 2.50 bits per heavy atom. The van der Waals surface area contributed by atoms with Gasteiger partial charge in [0.1, 0.15) is 5.75 Å². The fourth-order valence-electron chi connectivity index (χ4n) is 2.99. The third-order valence-corrected chi connectivity index (χ3v) is 4.30. The van der Waals surface area contributed by atoms with Gasteiger partial charge in [-0.15, -0.1) is 0 Å². The zero-order valence-corrected chi connectivity index (χ0v) is 14.6. The third-order valence-electron chi connectivity index (χ3n) is 4.30. The molecule has 1 aliphatic heterocycles. The highest BCUT2D eigenvalue weighted by Gasteiger charge is 2.32. The maximum Gasteiger partial charge on any atom is 0.255 e. The van der Waals surface area contributed by atoms with Crippen molar-refractivity contribution >= 4 is 11.8 Å². The van der Waals surface area contributed by atoms with Gasteiger partial charge in [0.25, 0.3) is 11.8 Å². The monoisotopic (exact) mass is 354 g/mol. The van der Waals surface area contributed by atoms with Gasteiger partial charge in [-0.2, -0.15) is 0 Å². The standard InChI is InChI=1S/C20H22N2O4/c1-14-11-22(18(12-25-14)15-5-3-2-4-6-15)20(24)16-7-9-17(10-8-16)26-13-19(21)23/h2-10,14,18H,11-13H2,1H3,(H2,21,23). The van der Waals surface area contributed by atoms with Crippen LogP contribution in [0.2, 0.25) is 0 Å². The second-order valence-electron chi connectivity index (χ2n) is 6.31. The first-order valence-corrected chi connectivity index (χ1v) is 8.53. The number of rotatable bonds is 5. The van der Waals surface area contributed by atoms with Crippen molar-refractivity contribution in [3.8, 4) is 5.75 Å². The molecule has 0 spiro atoms. The van der Waals surface area contributed by atoms with Crippen molar-refractivity contribution in [2.24, 2.45) is 5.73 Å². The Balaban J connectivity index is 1.78. The van der Waals surface area contributed by atoms with Gasteiger partial charge >= 0.3 is 0 Å². The largest absolute Gasteiger partial charge is 0.484 e. The zero-order chi connectivity index (χ0) is 18.5. The topological polar surface area (TPSA) is 81.9 Å². The lowest BCUT2D eigenvalue weighted by molar-refractivity contribution is -0.119. The molecule has 1 aliphatic rings. The summed E-state index contributed by atoms with van der Waals surface area (Å²) < 4.78 is 11.0. The number of amides is 2. The summed E-state index contributed by atoms with van der Waals surface area (Å²) >= 11 is 0. The normalized spacial score (nSPS) is 19.8. The van der Waals surface area contributed by atoms with Gasteiger partial charge in [0.2, 0.25) is 0 Å². The van der Waals surface area contributed by atoms with Crippen LogP contribution < -0.4 is 10.5 Å². The molecule has 2 unspecified atom stereocenters. The van der Waals surface area contributed by atoms with Crippen molar-refractivity contribution in [2.45, 2.75) is 19.1 Å². The molecule has 0 saturated carbocycles. The molecule has 2 atom stereocenters. The van der Waals surface area contributed by atoms with E-state index in [4.69, 9.17) is 15.2 Å². The molecule has 2 aromatic carbocycles. The number of carbonyl (C=O) groups is 2. The Kier molecular flexibility index (Phi) is 5.53. The van der Waals surface area contributed by atoms with Crippen molar-refractivity contribution in [3.63, 3.8) is 0 Å². The summed E-state index contributed by atoms with van der Waals surface area (Å²) in [5.41, 5.74) is 6.67. The van der Waals surface area contributed by atoms with Crippen LogP contribution in [0, 0.1) is 0 Å². The van der Waals surface area contributed by atoms with Crippen LogP contribution in [0.15, 0.2) is 54.6 Å². The number of morpholine rings is 1. The van der Waals surface area contributed by atoms with Crippen LogP contribution in [0.3, 0.4) is 0 Å². The maximum atomic E-state index is 13.1. The van der Waals surface area contributed by atoms with E-state index in [1.165, 1.54) is 0 Å². The van der Waals surface area contributed by atoms with E-state index in [0.717, 1.165) is 5.56 Å². The molecule has 0 aromatic heterocycles. The predicted molar refractivity (Wildman–Crippen MR) is 96.8 cm³/mol. The molecule has 0 radical (unpaired) electrons.